The number of rotatable bonds is 10. The van der Waals surface area contributed by atoms with Gasteiger partial charge in [0.25, 0.3) is 0 Å². The van der Waals surface area contributed by atoms with Crippen LogP contribution in [0, 0.1) is 0 Å². The molecule has 4 heterocycles. The molecular formula is C90H54N4. The summed E-state index contributed by atoms with van der Waals surface area (Å²) in [5, 5.41) is 9.76. The van der Waals surface area contributed by atoms with Gasteiger partial charge in [0.2, 0.25) is 0 Å². The summed E-state index contributed by atoms with van der Waals surface area (Å²) in [6, 6.07) is 115. The van der Waals surface area contributed by atoms with E-state index in [9.17, 15) is 0 Å². The van der Waals surface area contributed by atoms with Crippen molar-refractivity contribution in [3.8, 4) is 157 Å². The van der Waals surface area contributed by atoms with E-state index >= 15 is 0 Å². The van der Waals surface area contributed by atoms with Crippen LogP contribution < -0.4 is 0 Å². The lowest BCUT2D eigenvalue weighted by atomic mass is 9.81. The van der Waals surface area contributed by atoms with Gasteiger partial charge in [0.1, 0.15) is 0 Å². The molecule has 0 radical (unpaired) electrons. The molecule has 0 spiro atoms. The molecular weight excluding hydrogens is 1140 g/mol. The first kappa shape index (κ1) is 53.3. The van der Waals surface area contributed by atoms with Crippen LogP contribution in [0.5, 0.6) is 0 Å². The molecule has 0 fully saturated rings. The lowest BCUT2D eigenvalue weighted by molar-refractivity contribution is 1.25. The highest BCUT2D eigenvalue weighted by atomic mass is 14.8. The topological polar surface area (TPSA) is 51.6 Å². The SMILES string of the molecule is c1ccc(-c2c3c(c(-c4ccccc4)c4cc(-c5cccnc5-c5cccc(-c6ccc7c8c(cccc68)-c6c-7c(-c7ccccc7)c7ccccc7c6-c6ccccc6)n5)ccc24)-c2cccc4c(-c5ccc(-c6cccc(-c7ccccn7)n6)cc5)ccc-3c24)cc1. The van der Waals surface area contributed by atoms with Crippen LogP contribution in [0.1, 0.15) is 0 Å². The van der Waals surface area contributed by atoms with E-state index in [-0.39, 0.29) is 0 Å². The van der Waals surface area contributed by atoms with Gasteiger partial charge in [-0.2, -0.15) is 0 Å². The zero-order valence-electron chi connectivity index (χ0n) is 51.0. The lowest BCUT2D eigenvalue weighted by Gasteiger charge is -2.21. The van der Waals surface area contributed by atoms with E-state index in [0.29, 0.717) is 0 Å². The minimum Gasteiger partial charge on any atom is -0.255 e. The molecule has 0 atom stereocenters. The molecule has 4 aromatic heterocycles. The van der Waals surface area contributed by atoms with Gasteiger partial charge in [-0.1, -0.05) is 267 Å². The van der Waals surface area contributed by atoms with Crippen LogP contribution >= 0.6 is 0 Å². The molecule has 2 aliphatic rings. The molecule has 17 aromatic rings. The molecule has 2 aliphatic carbocycles. The van der Waals surface area contributed by atoms with E-state index in [4.69, 9.17) is 15.0 Å². The Hall–Kier alpha value is -12.5. The van der Waals surface area contributed by atoms with Gasteiger partial charge >= 0.3 is 0 Å². The minimum atomic E-state index is 0.810. The number of hydrogen-bond acceptors (Lipinski definition) is 4. The van der Waals surface area contributed by atoms with Gasteiger partial charge in [0.05, 0.1) is 34.2 Å². The number of benzene rings is 13. The predicted molar refractivity (Wildman–Crippen MR) is 391 cm³/mol. The van der Waals surface area contributed by atoms with Gasteiger partial charge in [-0.05, 0) is 197 Å². The van der Waals surface area contributed by atoms with Gasteiger partial charge < -0.3 is 0 Å². The number of aromatic nitrogens is 4. The highest BCUT2D eigenvalue weighted by Gasteiger charge is 2.34. The monoisotopic (exact) mass is 1190 g/mol. The minimum absolute atomic E-state index is 0.810. The van der Waals surface area contributed by atoms with E-state index in [1.165, 1.54) is 132 Å². The van der Waals surface area contributed by atoms with E-state index in [1.54, 1.807) is 0 Å². The maximum Gasteiger partial charge on any atom is 0.0964 e. The number of hydrogen-bond donors (Lipinski definition) is 0. The first-order valence-corrected chi connectivity index (χ1v) is 32.2. The van der Waals surface area contributed by atoms with E-state index in [2.05, 4.69) is 296 Å². The van der Waals surface area contributed by atoms with Gasteiger partial charge in [0.15, 0.2) is 0 Å². The fourth-order valence-electron chi connectivity index (χ4n) is 15.5. The quantitative estimate of drug-likeness (QED) is 0.137. The second-order valence-electron chi connectivity index (χ2n) is 24.6. The summed E-state index contributed by atoms with van der Waals surface area (Å²) in [6.07, 6.45) is 3.72. The van der Waals surface area contributed by atoms with E-state index in [1.807, 2.05) is 36.7 Å². The van der Waals surface area contributed by atoms with Crippen molar-refractivity contribution >= 4 is 43.1 Å². The van der Waals surface area contributed by atoms with Gasteiger partial charge in [-0.25, -0.2) is 9.97 Å². The van der Waals surface area contributed by atoms with Crippen LogP contribution in [-0.2, 0) is 0 Å². The zero-order valence-corrected chi connectivity index (χ0v) is 51.0. The van der Waals surface area contributed by atoms with Crippen molar-refractivity contribution in [3.05, 3.63) is 328 Å². The summed E-state index contributed by atoms with van der Waals surface area (Å²) in [6.45, 7) is 0. The molecule has 4 heteroatoms. The predicted octanol–water partition coefficient (Wildman–Crippen LogP) is 23.8. The highest BCUT2D eigenvalue weighted by molar-refractivity contribution is 6.31. The largest absolute Gasteiger partial charge is 0.255 e. The smallest absolute Gasteiger partial charge is 0.0964 e. The molecule has 4 nitrogen and oxygen atoms in total. The third-order valence-corrected chi connectivity index (χ3v) is 19.5. The molecule has 0 unspecified atom stereocenters. The Bertz CT molecular complexity index is 5830. The average molecular weight is 1190 g/mol. The second kappa shape index (κ2) is 21.6. The Morgan fingerprint density at radius 2 is 0.564 bits per heavy atom. The van der Waals surface area contributed by atoms with E-state index in [0.717, 1.165) is 67.5 Å². The van der Waals surface area contributed by atoms with Crippen molar-refractivity contribution in [2.45, 2.75) is 0 Å². The summed E-state index contributed by atoms with van der Waals surface area (Å²) in [5.74, 6) is 0. The first-order valence-electron chi connectivity index (χ1n) is 32.2. The summed E-state index contributed by atoms with van der Waals surface area (Å²) in [4.78, 5) is 20.5. The summed E-state index contributed by atoms with van der Waals surface area (Å²) < 4.78 is 0. The molecule has 94 heavy (non-hydrogen) atoms. The fraction of sp³-hybridized carbons (Fsp3) is 0. The fourth-order valence-corrected chi connectivity index (χ4v) is 15.5. The van der Waals surface area contributed by atoms with E-state index < -0.39 is 0 Å². The standard InChI is InChI=1S/C90H54N4/c1-5-22-57(23-6-1)80-67-30-13-14-31-68(67)81(58-24-7-2-8-25-58)88-73-51-49-64(66-33-18-35-71(85(66)73)86(80)88)76-39-20-41-79(94-76)90-63(36-21-53-92-90)61-46-47-69-74(54-61)83(60-28-11-4-12-29-60)87-70-34-17-32-65-62(48-50-72(84(65)70)89(87)82(69)59-26-9-3-10-27-59)55-42-44-56(45-43-55)75-38-19-40-78(93-75)77-37-15-16-52-91-77/h1-54H. The van der Waals surface area contributed by atoms with Crippen molar-refractivity contribution in [1.29, 1.82) is 0 Å². The summed E-state index contributed by atoms with van der Waals surface area (Å²) in [7, 11) is 0. The van der Waals surface area contributed by atoms with Crippen LogP contribution in [-0.4, -0.2) is 19.9 Å². The molecule has 0 saturated carbocycles. The number of nitrogens with zero attached hydrogens (tertiary/aromatic N) is 4. The molecule has 0 N–H and O–H groups in total. The Labute approximate surface area is 544 Å². The molecule has 0 amide bonds. The Kier molecular flexibility index (Phi) is 12.3. The second-order valence-corrected chi connectivity index (χ2v) is 24.6. The number of fused-ring (bicyclic) bond motifs is 8. The first-order chi connectivity index (χ1) is 46.7. The Morgan fingerprint density at radius 1 is 0.170 bits per heavy atom. The van der Waals surface area contributed by atoms with Gasteiger partial charge in [-0.15, -0.1) is 0 Å². The Balaban J connectivity index is 0.757. The van der Waals surface area contributed by atoms with Crippen molar-refractivity contribution in [2.24, 2.45) is 0 Å². The Morgan fingerprint density at radius 3 is 1.14 bits per heavy atom. The van der Waals surface area contributed by atoms with Gasteiger partial charge in [0, 0.05) is 29.1 Å². The van der Waals surface area contributed by atoms with Crippen LogP contribution in [0.3, 0.4) is 0 Å². The van der Waals surface area contributed by atoms with Crippen molar-refractivity contribution in [3.63, 3.8) is 0 Å². The third-order valence-electron chi connectivity index (χ3n) is 19.5. The van der Waals surface area contributed by atoms with Crippen LogP contribution in [0.25, 0.3) is 200 Å². The summed E-state index contributed by atoms with van der Waals surface area (Å²) >= 11 is 0. The molecule has 13 aromatic carbocycles. The molecule has 0 bridgehead atoms. The van der Waals surface area contributed by atoms with Crippen molar-refractivity contribution in [2.75, 3.05) is 0 Å². The zero-order chi connectivity index (χ0) is 61.8. The lowest BCUT2D eigenvalue weighted by Crippen LogP contribution is -1.96. The maximum absolute atomic E-state index is 5.62. The van der Waals surface area contributed by atoms with Crippen LogP contribution in [0.4, 0.5) is 0 Å². The molecule has 0 saturated heterocycles. The normalized spacial score (nSPS) is 11.8. The van der Waals surface area contributed by atoms with Crippen molar-refractivity contribution < 1.29 is 0 Å². The molecule has 0 aliphatic heterocycles. The van der Waals surface area contributed by atoms with Crippen LogP contribution in [0.15, 0.2) is 328 Å². The maximum atomic E-state index is 5.62. The highest BCUT2D eigenvalue weighted by Crippen LogP contribution is 2.61. The summed E-state index contributed by atoms with van der Waals surface area (Å²) in [5.41, 5.74) is 31.4. The number of pyridine rings is 4. The third kappa shape index (κ3) is 8.33. The average Bonchev–Trinajstić information content (AvgIpc) is 1.50. The van der Waals surface area contributed by atoms with Crippen LogP contribution in [0.2, 0.25) is 0 Å². The molecule has 19 rings (SSSR count). The van der Waals surface area contributed by atoms with Gasteiger partial charge in [-0.3, -0.25) is 9.97 Å². The van der Waals surface area contributed by atoms with Crippen molar-refractivity contribution in [1.82, 2.24) is 19.9 Å². The molecule has 434 valence electrons.